The van der Waals surface area contributed by atoms with Crippen molar-refractivity contribution in [3.8, 4) is 0 Å². The highest BCUT2D eigenvalue weighted by Gasteiger charge is 2.08. The fraction of sp³-hybridized carbons (Fsp3) is 0.278. The number of nitrogens with one attached hydrogen (secondary N) is 1. The summed E-state index contributed by atoms with van der Waals surface area (Å²) in [6.07, 6.45) is 3.27. The first-order valence-corrected chi connectivity index (χ1v) is 7.87. The molecule has 6 heteroatoms. The van der Waals surface area contributed by atoms with Crippen molar-refractivity contribution in [1.82, 2.24) is 15.0 Å². The molecule has 3 rings (SSSR count). The van der Waals surface area contributed by atoms with Crippen LogP contribution in [0.3, 0.4) is 0 Å². The second-order valence-corrected chi connectivity index (χ2v) is 5.49. The van der Waals surface area contributed by atoms with Crippen LogP contribution in [0.1, 0.15) is 5.56 Å². The number of para-hydroxylation sites is 1. The van der Waals surface area contributed by atoms with Crippen molar-refractivity contribution < 1.29 is 4.74 Å². The predicted octanol–water partition coefficient (Wildman–Crippen LogP) is 2.72. The summed E-state index contributed by atoms with van der Waals surface area (Å²) in [5, 5.41) is 4.33. The van der Waals surface area contributed by atoms with Gasteiger partial charge in [0.05, 0.1) is 12.0 Å². The van der Waals surface area contributed by atoms with E-state index in [-0.39, 0.29) is 0 Å². The van der Waals surface area contributed by atoms with Crippen LogP contribution in [-0.2, 0) is 11.3 Å². The molecule has 0 unspecified atom stereocenters. The van der Waals surface area contributed by atoms with Crippen molar-refractivity contribution in [1.29, 1.82) is 0 Å². The molecule has 2 aromatic heterocycles. The number of hydrogen-bond donors (Lipinski definition) is 1. The number of ether oxygens (including phenoxy) is 1. The molecule has 0 spiro atoms. The van der Waals surface area contributed by atoms with Gasteiger partial charge in [-0.1, -0.05) is 18.2 Å². The Morgan fingerprint density at radius 1 is 1.08 bits per heavy atom. The first-order valence-electron chi connectivity index (χ1n) is 7.87. The lowest BCUT2D eigenvalue weighted by molar-refractivity contribution is 0.206. The van der Waals surface area contributed by atoms with E-state index in [9.17, 15) is 0 Å². The summed E-state index contributed by atoms with van der Waals surface area (Å²) >= 11 is 0. The summed E-state index contributed by atoms with van der Waals surface area (Å²) in [4.78, 5) is 15.0. The predicted molar refractivity (Wildman–Crippen MR) is 96.2 cm³/mol. The fourth-order valence-electron chi connectivity index (χ4n) is 2.60. The average molecular weight is 323 g/mol. The zero-order chi connectivity index (χ0) is 16.8. The molecule has 6 nitrogen and oxygen atoms in total. The van der Waals surface area contributed by atoms with Gasteiger partial charge in [0.2, 0.25) is 0 Å². The van der Waals surface area contributed by atoms with E-state index < -0.39 is 0 Å². The minimum atomic E-state index is 0.675. The van der Waals surface area contributed by atoms with E-state index in [4.69, 9.17) is 4.74 Å². The summed E-state index contributed by atoms with van der Waals surface area (Å²) in [6.45, 7) is 2.21. The maximum Gasteiger partial charge on any atom is 0.164 e. The lowest BCUT2D eigenvalue weighted by atomic mass is 10.1. The quantitative estimate of drug-likeness (QED) is 0.721. The minimum Gasteiger partial charge on any atom is -0.383 e. The first-order chi connectivity index (χ1) is 11.8. The van der Waals surface area contributed by atoms with Gasteiger partial charge in [0.25, 0.3) is 0 Å². The average Bonchev–Trinajstić information content (AvgIpc) is 2.64. The highest BCUT2D eigenvalue weighted by Crippen LogP contribution is 2.22. The van der Waals surface area contributed by atoms with Gasteiger partial charge in [-0.2, -0.15) is 0 Å². The number of likely N-dealkylation sites (N-methyl/N-ethyl adjacent to an activating group) is 1. The van der Waals surface area contributed by atoms with Gasteiger partial charge in [0, 0.05) is 39.1 Å². The molecule has 3 aromatic rings. The monoisotopic (exact) mass is 323 g/mol. The topological polar surface area (TPSA) is 63.2 Å². The molecule has 0 radical (unpaired) electrons. The summed E-state index contributed by atoms with van der Waals surface area (Å²) in [5.41, 5.74) is 3.07. The van der Waals surface area contributed by atoms with Gasteiger partial charge in [-0.3, -0.25) is 0 Å². The number of methoxy groups -OCH3 is 1. The molecular weight excluding hydrogens is 302 g/mol. The molecule has 124 valence electrons. The maximum absolute atomic E-state index is 5.17. The molecule has 0 amide bonds. The van der Waals surface area contributed by atoms with Crippen LogP contribution in [0.15, 0.2) is 48.9 Å². The lowest BCUT2D eigenvalue weighted by Crippen LogP contribution is -2.23. The molecule has 1 N–H and O–H groups in total. The molecule has 0 bridgehead atoms. The molecule has 24 heavy (non-hydrogen) atoms. The van der Waals surface area contributed by atoms with Crippen LogP contribution in [0.2, 0.25) is 0 Å². The Balaban J connectivity index is 1.79. The number of fused-ring (bicyclic) bond motifs is 1. The van der Waals surface area contributed by atoms with E-state index in [1.165, 1.54) is 17.6 Å². The van der Waals surface area contributed by atoms with Crippen molar-refractivity contribution in [2.45, 2.75) is 6.54 Å². The van der Waals surface area contributed by atoms with Crippen LogP contribution in [0.4, 0.5) is 11.5 Å². The zero-order valence-electron chi connectivity index (χ0n) is 13.9. The zero-order valence-corrected chi connectivity index (χ0v) is 13.9. The Labute approximate surface area is 141 Å². The summed E-state index contributed by atoms with van der Waals surface area (Å²) in [7, 11) is 3.79. The third kappa shape index (κ3) is 3.60. The van der Waals surface area contributed by atoms with Crippen LogP contribution in [0.25, 0.3) is 11.0 Å². The largest absolute Gasteiger partial charge is 0.383 e. The van der Waals surface area contributed by atoms with Gasteiger partial charge >= 0.3 is 0 Å². The van der Waals surface area contributed by atoms with Gasteiger partial charge in [-0.25, -0.2) is 15.0 Å². The van der Waals surface area contributed by atoms with Crippen molar-refractivity contribution >= 4 is 22.5 Å². The number of anilines is 2. The SMILES string of the molecule is COCCN(C)c1ccccc1CNc1ncnc2ncccc12. The molecule has 2 heterocycles. The van der Waals surface area contributed by atoms with Crippen molar-refractivity contribution in [2.75, 3.05) is 37.5 Å². The van der Waals surface area contributed by atoms with Crippen molar-refractivity contribution in [3.63, 3.8) is 0 Å². The van der Waals surface area contributed by atoms with Crippen LogP contribution < -0.4 is 10.2 Å². The smallest absolute Gasteiger partial charge is 0.164 e. The molecule has 0 aliphatic rings. The van der Waals surface area contributed by atoms with Gasteiger partial charge in [-0.15, -0.1) is 0 Å². The number of aromatic nitrogens is 3. The molecule has 1 aromatic carbocycles. The summed E-state index contributed by atoms with van der Waals surface area (Å²) in [6, 6.07) is 12.2. The highest BCUT2D eigenvalue weighted by molar-refractivity contribution is 5.85. The number of nitrogens with zero attached hydrogens (tertiary/aromatic N) is 4. The Morgan fingerprint density at radius 2 is 1.96 bits per heavy atom. The van der Waals surface area contributed by atoms with Crippen LogP contribution >= 0.6 is 0 Å². The lowest BCUT2D eigenvalue weighted by Gasteiger charge is -2.22. The van der Waals surface area contributed by atoms with Crippen molar-refractivity contribution in [2.24, 2.45) is 0 Å². The number of hydrogen-bond acceptors (Lipinski definition) is 6. The van der Waals surface area contributed by atoms with E-state index >= 15 is 0 Å². The van der Waals surface area contributed by atoms with Gasteiger partial charge in [0.1, 0.15) is 12.1 Å². The normalized spacial score (nSPS) is 10.8. The van der Waals surface area contributed by atoms with E-state index in [1.54, 1.807) is 13.3 Å². The van der Waals surface area contributed by atoms with Crippen LogP contribution in [-0.4, -0.2) is 42.3 Å². The maximum atomic E-state index is 5.17. The number of pyridine rings is 1. The molecule has 0 aliphatic carbocycles. The second kappa shape index (κ2) is 7.70. The molecule has 0 atom stereocenters. The number of rotatable bonds is 7. The Hall–Kier alpha value is -2.73. The minimum absolute atomic E-state index is 0.675. The molecule has 0 saturated carbocycles. The van der Waals surface area contributed by atoms with Crippen LogP contribution in [0, 0.1) is 0 Å². The highest BCUT2D eigenvalue weighted by atomic mass is 16.5. The van der Waals surface area contributed by atoms with Crippen LogP contribution in [0.5, 0.6) is 0 Å². The molecule has 0 fully saturated rings. The van der Waals surface area contributed by atoms with E-state index in [2.05, 4.69) is 44.3 Å². The van der Waals surface area contributed by atoms with Crippen molar-refractivity contribution in [3.05, 3.63) is 54.5 Å². The van der Waals surface area contributed by atoms with Gasteiger partial charge in [0.15, 0.2) is 5.65 Å². The standard InChI is InChI=1S/C18H21N5O/c1-23(10-11-24-2)16-8-4-3-6-14(16)12-20-18-15-7-5-9-19-17(15)21-13-22-18/h3-9,13H,10-12H2,1-2H3,(H,19,20,21,22). The Morgan fingerprint density at radius 3 is 2.83 bits per heavy atom. The third-order valence-electron chi connectivity index (χ3n) is 3.89. The third-order valence-corrected chi connectivity index (χ3v) is 3.89. The fourth-order valence-corrected chi connectivity index (χ4v) is 2.60. The summed E-state index contributed by atoms with van der Waals surface area (Å²) in [5.74, 6) is 0.794. The van der Waals surface area contributed by atoms with E-state index in [0.717, 1.165) is 17.7 Å². The molecule has 0 saturated heterocycles. The number of benzene rings is 1. The second-order valence-electron chi connectivity index (χ2n) is 5.49. The van der Waals surface area contributed by atoms with E-state index in [0.29, 0.717) is 18.8 Å². The Kier molecular flexibility index (Phi) is 5.18. The van der Waals surface area contributed by atoms with Gasteiger partial charge < -0.3 is 15.0 Å². The molecule has 0 aliphatic heterocycles. The van der Waals surface area contributed by atoms with E-state index in [1.807, 2.05) is 24.3 Å². The summed E-state index contributed by atoms with van der Waals surface area (Å²) < 4.78 is 5.17. The molecular formula is C18H21N5O. The first kappa shape index (κ1) is 16.1. The van der Waals surface area contributed by atoms with Gasteiger partial charge in [-0.05, 0) is 23.8 Å². The Bertz CT molecular complexity index is 803.